The molecule has 2 atom stereocenters. The summed E-state index contributed by atoms with van der Waals surface area (Å²) in [5.41, 5.74) is 4.52. The lowest BCUT2D eigenvalue weighted by atomic mass is 9.74. The Morgan fingerprint density at radius 1 is 1.00 bits per heavy atom. The monoisotopic (exact) mass is 302 g/mol. The molecule has 0 spiro atoms. The normalized spacial score (nSPS) is 23.8. The highest BCUT2D eigenvalue weighted by Gasteiger charge is 2.45. The molecule has 1 aromatic carbocycles. The Kier molecular flexibility index (Phi) is 2.30. The summed E-state index contributed by atoms with van der Waals surface area (Å²) in [6.07, 6.45) is 7.22. The first-order valence-corrected chi connectivity index (χ1v) is 8.43. The van der Waals surface area contributed by atoms with Crippen LogP contribution in [0.15, 0.2) is 36.5 Å². The fourth-order valence-corrected chi connectivity index (χ4v) is 5.01. The second kappa shape index (κ2) is 4.00. The van der Waals surface area contributed by atoms with Crippen LogP contribution in [-0.4, -0.2) is 9.13 Å². The molecule has 3 aromatic rings. The van der Waals surface area contributed by atoms with E-state index in [1.807, 2.05) is 0 Å². The molecule has 2 aliphatic rings. The average molecular weight is 302 g/mol. The fraction of sp³-hybridized carbons (Fsp3) is 0.333. The Hall–Kier alpha value is -2.22. The first kappa shape index (κ1) is 13.2. The molecule has 0 saturated heterocycles. The quantitative estimate of drug-likeness (QED) is 0.604. The van der Waals surface area contributed by atoms with Crippen molar-refractivity contribution >= 4 is 23.2 Å². The Morgan fingerprint density at radius 2 is 1.78 bits per heavy atom. The predicted molar refractivity (Wildman–Crippen MR) is 95.8 cm³/mol. The molecule has 2 nitrogen and oxygen atoms in total. The van der Waals surface area contributed by atoms with Gasteiger partial charge in [0.2, 0.25) is 0 Å². The van der Waals surface area contributed by atoms with Crippen LogP contribution >= 0.6 is 0 Å². The van der Waals surface area contributed by atoms with Crippen LogP contribution in [0.2, 0.25) is 0 Å². The summed E-state index contributed by atoms with van der Waals surface area (Å²) in [5.74, 6) is 1.04. The van der Waals surface area contributed by atoms with Crippen LogP contribution in [0.4, 0.5) is 0 Å². The van der Waals surface area contributed by atoms with Crippen molar-refractivity contribution in [2.45, 2.75) is 25.2 Å². The first-order chi connectivity index (χ1) is 11.0. The van der Waals surface area contributed by atoms with Gasteiger partial charge in [0.1, 0.15) is 5.65 Å². The molecule has 2 heteroatoms. The number of hydrogen-bond donors (Lipinski definition) is 0. The largest absolute Gasteiger partial charge is 0.337 e. The van der Waals surface area contributed by atoms with Crippen molar-refractivity contribution in [1.29, 1.82) is 0 Å². The van der Waals surface area contributed by atoms with Crippen LogP contribution in [0.5, 0.6) is 0 Å². The number of aryl methyl sites for hydroxylation is 2. The zero-order valence-corrected chi connectivity index (χ0v) is 14.2. The van der Waals surface area contributed by atoms with Gasteiger partial charge in [-0.1, -0.05) is 50.3 Å². The maximum atomic E-state index is 2.53. The molecule has 2 aliphatic carbocycles. The SMILES string of the molecule is Cn1ccc2c3c(n(C)c21)=CC1C(C=3)c2ccccc2C1(C)C. The molecule has 5 rings (SSSR count). The molecule has 0 aliphatic heterocycles. The third kappa shape index (κ3) is 1.45. The van der Waals surface area contributed by atoms with Gasteiger partial charge in [0.05, 0.1) is 0 Å². The average Bonchev–Trinajstić information content (AvgIpc) is 3.12. The highest BCUT2D eigenvalue weighted by molar-refractivity contribution is 5.82. The Morgan fingerprint density at radius 3 is 2.61 bits per heavy atom. The van der Waals surface area contributed by atoms with Crippen molar-refractivity contribution < 1.29 is 0 Å². The maximum absolute atomic E-state index is 2.53. The summed E-state index contributed by atoms with van der Waals surface area (Å²) in [4.78, 5) is 0. The third-order valence-corrected chi connectivity index (χ3v) is 6.20. The number of fused-ring (bicyclic) bond motifs is 6. The molecule has 2 aromatic heterocycles. The lowest BCUT2D eigenvalue weighted by Crippen LogP contribution is -2.37. The van der Waals surface area contributed by atoms with Crippen molar-refractivity contribution in [2.75, 3.05) is 0 Å². The Balaban J connectivity index is 1.90. The van der Waals surface area contributed by atoms with Crippen LogP contribution < -0.4 is 10.6 Å². The molecular formula is C21H22N2. The van der Waals surface area contributed by atoms with E-state index in [-0.39, 0.29) is 5.41 Å². The standard InChI is InChI=1S/C21H22N2/c1-21(2)17-8-6-5-7-13(17)15-11-16-14-9-10-22(3)20(14)23(4)19(16)12-18(15)21/h5-12,15,18H,1-4H3. The van der Waals surface area contributed by atoms with Crippen molar-refractivity contribution in [3.05, 3.63) is 58.2 Å². The van der Waals surface area contributed by atoms with Gasteiger partial charge < -0.3 is 9.13 Å². The van der Waals surface area contributed by atoms with Crippen LogP contribution in [0.25, 0.3) is 23.2 Å². The number of benzene rings is 1. The summed E-state index contributed by atoms with van der Waals surface area (Å²) in [6, 6.07) is 11.3. The van der Waals surface area contributed by atoms with Gasteiger partial charge in [-0.2, -0.15) is 0 Å². The third-order valence-electron chi connectivity index (χ3n) is 6.20. The van der Waals surface area contributed by atoms with E-state index in [1.54, 1.807) is 0 Å². The summed E-state index contributed by atoms with van der Waals surface area (Å²) in [7, 11) is 4.33. The molecule has 2 heterocycles. The predicted octanol–water partition coefficient (Wildman–Crippen LogP) is 2.78. The molecule has 0 saturated carbocycles. The van der Waals surface area contributed by atoms with Crippen LogP contribution in [0.1, 0.15) is 30.9 Å². The van der Waals surface area contributed by atoms with E-state index in [9.17, 15) is 0 Å². The minimum atomic E-state index is 0.186. The molecule has 2 unspecified atom stereocenters. The summed E-state index contributed by atoms with van der Waals surface area (Å²) in [6.45, 7) is 4.79. The van der Waals surface area contributed by atoms with E-state index in [1.165, 1.54) is 32.7 Å². The lowest BCUT2D eigenvalue weighted by Gasteiger charge is -2.29. The zero-order chi connectivity index (χ0) is 15.9. The van der Waals surface area contributed by atoms with Crippen molar-refractivity contribution in [2.24, 2.45) is 20.0 Å². The lowest BCUT2D eigenvalue weighted by molar-refractivity contribution is 0.420. The van der Waals surface area contributed by atoms with E-state index in [0.29, 0.717) is 11.8 Å². The van der Waals surface area contributed by atoms with Crippen LogP contribution in [-0.2, 0) is 19.5 Å². The molecule has 23 heavy (non-hydrogen) atoms. The highest BCUT2D eigenvalue weighted by Crippen LogP contribution is 2.52. The maximum Gasteiger partial charge on any atom is 0.120 e. The molecule has 0 radical (unpaired) electrons. The topological polar surface area (TPSA) is 9.86 Å². The van der Waals surface area contributed by atoms with Crippen molar-refractivity contribution in [1.82, 2.24) is 9.13 Å². The van der Waals surface area contributed by atoms with Crippen LogP contribution in [0, 0.1) is 5.92 Å². The van der Waals surface area contributed by atoms with E-state index >= 15 is 0 Å². The van der Waals surface area contributed by atoms with Crippen molar-refractivity contribution in [3.63, 3.8) is 0 Å². The first-order valence-electron chi connectivity index (χ1n) is 8.43. The molecular weight excluding hydrogens is 280 g/mol. The smallest absolute Gasteiger partial charge is 0.120 e. The van der Waals surface area contributed by atoms with Gasteiger partial charge in [0, 0.05) is 42.2 Å². The Bertz CT molecular complexity index is 1080. The number of hydrogen-bond acceptors (Lipinski definition) is 0. The number of aromatic nitrogens is 2. The molecule has 0 bridgehead atoms. The molecule has 116 valence electrons. The van der Waals surface area contributed by atoms with Gasteiger partial charge >= 0.3 is 0 Å². The fourth-order valence-electron chi connectivity index (χ4n) is 5.01. The zero-order valence-electron chi connectivity index (χ0n) is 14.2. The van der Waals surface area contributed by atoms with E-state index in [4.69, 9.17) is 0 Å². The van der Waals surface area contributed by atoms with Gasteiger partial charge in [0.25, 0.3) is 0 Å². The summed E-state index contributed by atoms with van der Waals surface area (Å²) < 4.78 is 4.58. The van der Waals surface area contributed by atoms with Crippen molar-refractivity contribution in [3.8, 4) is 0 Å². The molecule has 0 amide bonds. The number of rotatable bonds is 0. The Labute approximate surface area is 136 Å². The van der Waals surface area contributed by atoms with Gasteiger partial charge in [0.15, 0.2) is 0 Å². The molecule has 0 fully saturated rings. The minimum absolute atomic E-state index is 0.186. The number of nitrogens with zero attached hydrogens (tertiary/aromatic N) is 2. The van der Waals surface area contributed by atoms with Gasteiger partial charge in [-0.05, 0) is 28.5 Å². The van der Waals surface area contributed by atoms with Gasteiger partial charge in [-0.15, -0.1) is 0 Å². The van der Waals surface area contributed by atoms with Gasteiger partial charge in [-0.3, -0.25) is 0 Å². The summed E-state index contributed by atoms with van der Waals surface area (Å²) in [5, 5.41) is 4.17. The van der Waals surface area contributed by atoms with Crippen LogP contribution in [0.3, 0.4) is 0 Å². The van der Waals surface area contributed by atoms with E-state index in [2.05, 4.69) is 85.8 Å². The minimum Gasteiger partial charge on any atom is -0.337 e. The van der Waals surface area contributed by atoms with E-state index in [0.717, 1.165) is 0 Å². The van der Waals surface area contributed by atoms with Gasteiger partial charge in [-0.25, -0.2) is 0 Å². The summed E-state index contributed by atoms with van der Waals surface area (Å²) >= 11 is 0. The second-order valence-electron chi connectivity index (χ2n) is 7.72. The second-order valence-corrected chi connectivity index (χ2v) is 7.72. The molecule has 0 N–H and O–H groups in total. The highest BCUT2D eigenvalue weighted by atomic mass is 15.1. The van der Waals surface area contributed by atoms with E-state index < -0.39 is 0 Å².